The number of aliphatic hydroxyl groups excluding tert-OH is 4. The number of hydrogen-bond donors (Lipinski definition) is 9. The predicted octanol–water partition coefficient (Wildman–Crippen LogP) is -6.20. The van der Waals surface area contributed by atoms with Crippen LogP contribution in [0.3, 0.4) is 0 Å². The van der Waals surface area contributed by atoms with Gasteiger partial charge in [0, 0.05) is 0 Å². The van der Waals surface area contributed by atoms with Crippen LogP contribution in [0.4, 0.5) is 0 Å². The molecule has 9 atom stereocenters. The molecule has 1 spiro atoms. The molecule has 9 unspecified atom stereocenters. The first-order chi connectivity index (χ1) is 10.6. The lowest BCUT2D eigenvalue weighted by atomic mass is 9.54. The molecule has 5 aliphatic rings. The molecule has 4 aliphatic heterocycles. The highest BCUT2D eigenvalue weighted by molar-refractivity contribution is 5.80. The van der Waals surface area contributed by atoms with Gasteiger partial charge in [0.1, 0.15) is 23.9 Å². The van der Waals surface area contributed by atoms with E-state index in [-0.39, 0.29) is 5.96 Å². The highest BCUT2D eigenvalue weighted by atomic mass is 16.9. The van der Waals surface area contributed by atoms with Gasteiger partial charge in [-0.1, -0.05) is 0 Å². The summed E-state index contributed by atoms with van der Waals surface area (Å²) in [6.45, 7) is 0. The average Bonchev–Trinajstić information content (AvgIpc) is 2.44. The Morgan fingerprint density at radius 2 is 1.74 bits per heavy atom. The van der Waals surface area contributed by atoms with Gasteiger partial charge < -0.3 is 56.3 Å². The summed E-state index contributed by atoms with van der Waals surface area (Å²) in [5.74, 6) is -4.31. The lowest BCUT2D eigenvalue weighted by Crippen LogP contribution is -2.96. The van der Waals surface area contributed by atoms with Gasteiger partial charge in [-0.05, 0) is 0 Å². The minimum absolute atomic E-state index is 0.314. The lowest BCUT2D eigenvalue weighted by Gasteiger charge is -2.71. The Balaban J connectivity index is 1.95. The number of ether oxygens (including phenoxy) is 2. The summed E-state index contributed by atoms with van der Waals surface area (Å²) in [5.41, 5.74) is 1.10. The largest absolute Gasteiger partial charge is 0.388 e. The topological polar surface area (TPSA) is 210 Å². The number of nitrogens with two attached hydrogens (primary N) is 1. The molecule has 23 heavy (non-hydrogen) atoms. The summed E-state index contributed by atoms with van der Waals surface area (Å²) in [4.78, 5) is 3.64. The van der Waals surface area contributed by atoms with E-state index in [1.165, 1.54) is 0 Å². The zero-order valence-corrected chi connectivity index (χ0v) is 11.5. The number of nitrogens with zero attached hydrogens (tertiary/aromatic N) is 1. The zero-order valence-electron chi connectivity index (χ0n) is 11.5. The van der Waals surface area contributed by atoms with Gasteiger partial charge in [-0.15, -0.1) is 0 Å². The molecule has 12 heteroatoms. The molecule has 10 N–H and O–H groups in total. The molecule has 3 saturated heterocycles. The first-order valence-electron chi connectivity index (χ1n) is 6.91. The Hall–Kier alpha value is -1.09. The van der Waals surface area contributed by atoms with Gasteiger partial charge in [-0.2, -0.15) is 0 Å². The van der Waals surface area contributed by atoms with Crippen LogP contribution in [-0.2, 0) is 9.47 Å². The molecule has 0 aromatic rings. The van der Waals surface area contributed by atoms with Crippen molar-refractivity contribution in [1.82, 2.24) is 5.32 Å². The van der Waals surface area contributed by atoms with Crippen molar-refractivity contribution in [3.63, 3.8) is 0 Å². The van der Waals surface area contributed by atoms with E-state index < -0.39 is 60.0 Å². The number of aliphatic imine (C=N–C) groups is 1. The SMILES string of the molecule is NC1=NC(O)C2C3OC4(O)OC(C(O)C2(N1)C4O)C3(O)C(O)O. The highest BCUT2D eigenvalue weighted by Gasteiger charge is 2.84. The average molecular weight is 335 g/mol. The highest BCUT2D eigenvalue weighted by Crippen LogP contribution is 2.59. The Labute approximate surface area is 128 Å². The van der Waals surface area contributed by atoms with Gasteiger partial charge in [0.15, 0.2) is 30.2 Å². The molecule has 0 amide bonds. The van der Waals surface area contributed by atoms with E-state index in [0.29, 0.717) is 0 Å². The molecule has 1 aliphatic carbocycles. The van der Waals surface area contributed by atoms with Crippen LogP contribution < -0.4 is 11.1 Å². The fourth-order valence-corrected chi connectivity index (χ4v) is 4.29. The summed E-state index contributed by atoms with van der Waals surface area (Å²) >= 11 is 0. The van der Waals surface area contributed by atoms with Gasteiger partial charge in [0.05, 0.1) is 5.92 Å². The van der Waals surface area contributed by atoms with Crippen LogP contribution in [0.15, 0.2) is 4.99 Å². The van der Waals surface area contributed by atoms with E-state index >= 15 is 0 Å². The van der Waals surface area contributed by atoms with Gasteiger partial charge in [-0.3, -0.25) is 0 Å². The van der Waals surface area contributed by atoms with Crippen LogP contribution in [0.1, 0.15) is 0 Å². The summed E-state index contributed by atoms with van der Waals surface area (Å²) in [6, 6.07) is 0. The molecule has 4 bridgehead atoms. The fourth-order valence-electron chi connectivity index (χ4n) is 4.29. The van der Waals surface area contributed by atoms with Gasteiger partial charge in [0.25, 0.3) is 0 Å². The van der Waals surface area contributed by atoms with Gasteiger partial charge in [-0.25, -0.2) is 4.99 Å². The quantitative estimate of drug-likeness (QED) is 0.206. The molecular formula is C11H17N3O9. The van der Waals surface area contributed by atoms with Crippen molar-refractivity contribution in [2.45, 2.75) is 54.0 Å². The van der Waals surface area contributed by atoms with Crippen molar-refractivity contribution < 1.29 is 45.2 Å². The van der Waals surface area contributed by atoms with Crippen LogP contribution in [0.5, 0.6) is 0 Å². The second-order valence-electron chi connectivity index (χ2n) is 6.33. The second-order valence-corrected chi connectivity index (χ2v) is 6.33. The van der Waals surface area contributed by atoms with Gasteiger partial charge >= 0.3 is 5.97 Å². The van der Waals surface area contributed by atoms with E-state index in [0.717, 1.165) is 0 Å². The molecule has 1 saturated carbocycles. The Morgan fingerprint density at radius 1 is 1.13 bits per heavy atom. The fraction of sp³-hybridized carbons (Fsp3) is 0.909. The Morgan fingerprint density at radius 3 is 2.35 bits per heavy atom. The van der Waals surface area contributed by atoms with Gasteiger partial charge in [0.2, 0.25) is 0 Å². The first kappa shape index (κ1) is 15.4. The van der Waals surface area contributed by atoms with E-state index in [1.807, 2.05) is 0 Å². The molecule has 5 rings (SSSR count). The van der Waals surface area contributed by atoms with Crippen LogP contribution in [0.2, 0.25) is 0 Å². The van der Waals surface area contributed by atoms with Crippen LogP contribution in [-0.4, -0.2) is 95.8 Å². The van der Waals surface area contributed by atoms with Crippen LogP contribution in [0.25, 0.3) is 0 Å². The molecular weight excluding hydrogens is 318 g/mol. The molecule has 130 valence electrons. The van der Waals surface area contributed by atoms with E-state index in [9.17, 15) is 35.7 Å². The van der Waals surface area contributed by atoms with Crippen molar-refractivity contribution >= 4 is 5.96 Å². The smallest absolute Gasteiger partial charge is 0.311 e. The second kappa shape index (κ2) is 4.11. The molecule has 4 fully saturated rings. The monoisotopic (exact) mass is 335 g/mol. The minimum Gasteiger partial charge on any atom is -0.388 e. The van der Waals surface area contributed by atoms with Crippen molar-refractivity contribution in [2.75, 3.05) is 0 Å². The maximum absolute atomic E-state index is 10.6. The third-order valence-corrected chi connectivity index (χ3v) is 5.31. The molecule has 4 heterocycles. The number of nitrogens with one attached hydrogen (secondary N) is 1. The Kier molecular flexibility index (Phi) is 2.76. The van der Waals surface area contributed by atoms with Crippen LogP contribution >= 0.6 is 0 Å². The van der Waals surface area contributed by atoms with Crippen molar-refractivity contribution in [1.29, 1.82) is 0 Å². The molecule has 0 aromatic carbocycles. The van der Waals surface area contributed by atoms with Crippen molar-refractivity contribution in [3.05, 3.63) is 0 Å². The van der Waals surface area contributed by atoms with E-state index in [4.69, 9.17) is 15.2 Å². The summed E-state index contributed by atoms with van der Waals surface area (Å²) in [5, 5.41) is 73.9. The maximum Gasteiger partial charge on any atom is 0.311 e. The first-order valence-corrected chi connectivity index (χ1v) is 6.91. The summed E-state index contributed by atoms with van der Waals surface area (Å²) in [6.07, 6.45) is -11.1. The normalized spacial score (nSPS) is 60.4. The van der Waals surface area contributed by atoms with Crippen LogP contribution in [0, 0.1) is 5.92 Å². The predicted molar refractivity (Wildman–Crippen MR) is 66.9 cm³/mol. The standard InChI is InChI=1S/C11H17N3O9/c12-8-13-5(16)1-3-10(20,7(18)19)4-2(15)9(1,14-8)6(17)11(21,22-3)23-4/h1-7,15-21H,(H3,12,13,14). The molecule has 0 aromatic heterocycles. The third-order valence-electron chi connectivity index (χ3n) is 5.31. The number of aliphatic hydroxyl groups is 7. The van der Waals surface area contributed by atoms with E-state index in [1.54, 1.807) is 0 Å². The van der Waals surface area contributed by atoms with Crippen molar-refractivity contribution in [3.8, 4) is 0 Å². The molecule has 0 radical (unpaired) electrons. The number of guanidine groups is 1. The minimum atomic E-state index is -2.64. The van der Waals surface area contributed by atoms with E-state index in [2.05, 4.69) is 10.3 Å². The summed E-state index contributed by atoms with van der Waals surface area (Å²) in [7, 11) is 0. The molecule has 12 nitrogen and oxygen atoms in total. The number of rotatable bonds is 1. The lowest BCUT2D eigenvalue weighted by molar-refractivity contribution is -0.557. The maximum atomic E-state index is 10.6. The zero-order chi connectivity index (χ0) is 16.9. The van der Waals surface area contributed by atoms with Crippen molar-refractivity contribution in [2.24, 2.45) is 16.6 Å². The Bertz CT molecular complexity index is 589. The third kappa shape index (κ3) is 1.45. The number of hydrogen-bond acceptors (Lipinski definition) is 12. The summed E-state index contributed by atoms with van der Waals surface area (Å²) < 4.78 is 10.1.